The topological polar surface area (TPSA) is 117 Å². The van der Waals surface area contributed by atoms with E-state index >= 15 is 0 Å². The molecule has 0 aromatic rings. The first kappa shape index (κ1) is 13.3. The second-order valence-corrected chi connectivity index (χ2v) is 3.41. The van der Waals surface area contributed by atoms with E-state index in [2.05, 4.69) is 9.73 Å². The average Bonchev–Trinajstić information content (AvgIpc) is 2.31. The molecule has 1 rings (SSSR count). The van der Waals surface area contributed by atoms with E-state index in [4.69, 9.17) is 16.2 Å². The van der Waals surface area contributed by atoms with Crippen molar-refractivity contribution < 1.29 is 19.1 Å². The maximum absolute atomic E-state index is 11.4. The van der Waals surface area contributed by atoms with Crippen molar-refractivity contribution in [2.24, 2.45) is 16.5 Å². The van der Waals surface area contributed by atoms with Gasteiger partial charge in [0.15, 0.2) is 6.40 Å². The molecular formula is C10H15N3O4. The summed E-state index contributed by atoms with van der Waals surface area (Å²) in [5.41, 5.74) is 10.8. The Bertz CT molecular complexity index is 351. The summed E-state index contributed by atoms with van der Waals surface area (Å²) in [7, 11) is 0. The van der Waals surface area contributed by atoms with Crippen molar-refractivity contribution in [3.8, 4) is 0 Å². The van der Waals surface area contributed by atoms with Gasteiger partial charge in [-0.05, 0) is 25.5 Å². The number of nitrogens with zero attached hydrogens (tertiary/aromatic N) is 1. The SMILES string of the molecule is NCCC=C1N=COC(=O)[C@H](N)CCC(=O)O1. The Labute approximate surface area is 98.5 Å². The zero-order valence-corrected chi connectivity index (χ0v) is 9.30. The summed E-state index contributed by atoms with van der Waals surface area (Å²) in [6.07, 6.45) is 3.17. The Morgan fingerprint density at radius 2 is 2.29 bits per heavy atom. The van der Waals surface area contributed by atoms with E-state index in [1.807, 2.05) is 0 Å². The lowest BCUT2D eigenvalue weighted by Crippen LogP contribution is -2.33. The molecule has 1 aliphatic rings. The zero-order valence-electron chi connectivity index (χ0n) is 9.30. The van der Waals surface area contributed by atoms with Gasteiger partial charge < -0.3 is 20.9 Å². The van der Waals surface area contributed by atoms with Gasteiger partial charge in [0.05, 0.1) is 0 Å². The number of carbonyl (C=O) groups is 2. The van der Waals surface area contributed by atoms with Crippen molar-refractivity contribution in [3.05, 3.63) is 12.0 Å². The smallest absolute Gasteiger partial charge is 0.329 e. The van der Waals surface area contributed by atoms with E-state index in [1.54, 1.807) is 6.08 Å². The molecule has 0 fully saturated rings. The molecule has 0 saturated carbocycles. The molecule has 0 radical (unpaired) electrons. The van der Waals surface area contributed by atoms with Gasteiger partial charge in [-0.2, -0.15) is 4.99 Å². The number of ether oxygens (including phenoxy) is 2. The van der Waals surface area contributed by atoms with Crippen LogP contribution in [0, 0.1) is 0 Å². The second kappa shape index (κ2) is 6.77. The highest BCUT2D eigenvalue weighted by Gasteiger charge is 2.18. The van der Waals surface area contributed by atoms with Crippen LogP contribution in [0.2, 0.25) is 0 Å². The van der Waals surface area contributed by atoms with Crippen LogP contribution in [0.4, 0.5) is 0 Å². The van der Waals surface area contributed by atoms with Crippen LogP contribution in [-0.4, -0.2) is 30.9 Å². The third-order valence-electron chi connectivity index (χ3n) is 2.02. The van der Waals surface area contributed by atoms with Crippen molar-refractivity contribution in [1.29, 1.82) is 0 Å². The summed E-state index contributed by atoms with van der Waals surface area (Å²) in [4.78, 5) is 26.3. The Balaban J connectivity index is 2.75. The number of cyclic esters (lactones) is 2. The maximum atomic E-state index is 11.4. The lowest BCUT2D eigenvalue weighted by Gasteiger charge is -2.11. The van der Waals surface area contributed by atoms with Gasteiger partial charge in [-0.1, -0.05) is 0 Å². The van der Waals surface area contributed by atoms with E-state index in [0.717, 1.165) is 6.40 Å². The molecule has 17 heavy (non-hydrogen) atoms. The fourth-order valence-corrected chi connectivity index (χ4v) is 1.10. The van der Waals surface area contributed by atoms with Crippen LogP contribution < -0.4 is 11.5 Å². The molecular weight excluding hydrogens is 226 g/mol. The highest BCUT2D eigenvalue weighted by Crippen LogP contribution is 2.07. The molecule has 4 N–H and O–H groups in total. The minimum absolute atomic E-state index is 0.0335. The summed E-state index contributed by atoms with van der Waals surface area (Å²) in [6.45, 7) is 0.404. The lowest BCUT2D eigenvalue weighted by atomic mass is 10.2. The van der Waals surface area contributed by atoms with Crippen molar-refractivity contribution in [3.63, 3.8) is 0 Å². The van der Waals surface area contributed by atoms with Gasteiger partial charge in [-0.15, -0.1) is 0 Å². The fraction of sp³-hybridized carbons (Fsp3) is 0.500. The van der Waals surface area contributed by atoms with Crippen molar-refractivity contribution in [2.45, 2.75) is 25.3 Å². The van der Waals surface area contributed by atoms with E-state index in [-0.39, 0.29) is 18.7 Å². The van der Waals surface area contributed by atoms with Gasteiger partial charge >= 0.3 is 11.9 Å². The van der Waals surface area contributed by atoms with E-state index in [0.29, 0.717) is 13.0 Å². The van der Waals surface area contributed by atoms with Gasteiger partial charge in [0, 0.05) is 6.42 Å². The Morgan fingerprint density at radius 3 is 3.00 bits per heavy atom. The minimum Gasteiger partial charge on any atom is -0.413 e. The second-order valence-electron chi connectivity index (χ2n) is 3.41. The zero-order chi connectivity index (χ0) is 12.7. The van der Waals surface area contributed by atoms with Crippen LogP contribution in [0.1, 0.15) is 19.3 Å². The molecule has 1 atom stereocenters. The first-order chi connectivity index (χ1) is 8.13. The van der Waals surface area contributed by atoms with E-state index in [9.17, 15) is 9.59 Å². The molecule has 1 heterocycles. The van der Waals surface area contributed by atoms with Gasteiger partial charge in [0.1, 0.15) is 6.04 Å². The van der Waals surface area contributed by atoms with Crippen molar-refractivity contribution >= 4 is 18.3 Å². The number of hydrogen-bond donors (Lipinski definition) is 2. The maximum Gasteiger partial charge on any atom is 0.329 e. The third kappa shape index (κ3) is 4.75. The van der Waals surface area contributed by atoms with Gasteiger partial charge in [-0.25, -0.2) is 4.79 Å². The monoisotopic (exact) mass is 241 g/mol. The molecule has 0 aromatic heterocycles. The molecule has 0 aromatic carbocycles. The van der Waals surface area contributed by atoms with E-state index < -0.39 is 18.0 Å². The van der Waals surface area contributed by atoms with Crippen molar-refractivity contribution in [2.75, 3.05) is 6.54 Å². The summed E-state index contributed by atoms with van der Waals surface area (Å²) < 4.78 is 9.59. The summed E-state index contributed by atoms with van der Waals surface area (Å²) in [6, 6.07) is -0.844. The predicted octanol–water partition coefficient (Wildman–Crippen LogP) is -0.588. The van der Waals surface area contributed by atoms with Crippen molar-refractivity contribution in [1.82, 2.24) is 0 Å². The third-order valence-corrected chi connectivity index (χ3v) is 2.02. The fourth-order valence-electron chi connectivity index (χ4n) is 1.10. The first-order valence-corrected chi connectivity index (χ1v) is 5.23. The molecule has 0 bridgehead atoms. The Morgan fingerprint density at radius 1 is 1.53 bits per heavy atom. The summed E-state index contributed by atoms with van der Waals surface area (Å²) >= 11 is 0. The molecule has 0 unspecified atom stereocenters. The van der Waals surface area contributed by atoms with Gasteiger partial charge in [0.25, 0.3) is 0 Å². The minimum atomic E-state index is -0.844. The standard InChI is InChI=1S/C10H15N3O4/c11-5-1-2-8-13-6-16-10(15)7(12)3-4-9(14)17-8/h2,6-7H,1,3-5,11-12H2/t7-/m1/s1. The number of esters is 2. The van der Waals surface area contributed by atoms with Crippen LogP contribution in [0.5, 0.6) is 0 Å². The summed E-state index contributed by atoms with van der Waals surface area (Å²) in [5, 5.41) is 0. The van der Waals surface area contributed by atoms with Crippen LogP contribution in [0.3, 0.4) is 0 Å². The largest absolute Gasteiger partial charge is 0.413 e. The number of carbonyl (C=O) groups excluding carboxylic acids is 2. The molecule has 94 valence electrons. The Hall–Kier alpha value is -1.73. The van der Waals surface area contributed by atoms with E-state index in [1.165, 1.54) is 0 Å². The van der Waals surface area contributed by atoms with Gasteiger partial charge in [0.2, 0.25) is 5.88 Å². The average molecular weight is 241 g/mol. The first-order valence-electron chi connectivity index (χ1n) is 5.23. The quantitative estimate of drug-likeness (QED) is 0.624. The molecule has 7 heteroatoms. The molecule has 7 nitrogen and oxygen atoms in total. The number of aliphatic imine (C=N–C) groups is 1. The van der Waals surface area contributed by atoms with Crippen LogP contribution in [0.25, 0.3) is 0 Å². The molecule has 1 aliphatic heterocycles. The van der Waals surface area contributed by atoms with Crippen LogP contribution in [-0.2, 0) is 19.1 Å². The molecule has 0 aliphatic carbocycles. The predicted molar refractivity (Wildman–Crippen MR) is 59.6 cm³/mol. The lowest BCUT2D eigenvalue weighted by molar-refractivity contribution is -0.141. The molecule has 0 spiro atoms. The van der Waals surface area contributed by atoms with Crippen LogP contribution >= 0.6 is 0 Å². The molecule has 0 amide bonds. The number of nitrogens with two attached hydrogens (primary N) is 2. The highest BCUT2D eigenvalue weighted by atomic mass is 16.6. The normalized spacial score (nSPS) is 24.4. The van der Waals surface area contributed by atoms with Gasteiger partial charge in [-0.3, -0.25) is 4.79 Å². The molecule has 0 saturated heterocycles. The highest BCUT2D eigenvalue weighted by molar-refractivity contribution is 5.83. The van der Waals surface area contributed by atoms with Crippen LogP contribution in [0.15, 0.2) is 17.0 Å². The number of hydrogen-bond acceptors (Lipinski definition) is 7. The Kier molecular flexibility index (Phi) is 5.31. The summed E-state index contributed by atoms with van der Waals surface area (Å²) in [5.74, 6) is -1.04. The number of rotatable bonds is 2.